The van der Waals surface area contributed by atoms with Crippen molar-refractivity contribution in [1.29, 1.82) is 5.26 Å². The first-order valence-electron chi connectivity index (χ1n) is 24.2. The fraction of sp³-hybridized carbons (Fsp3) is 0.611. The zero-order valence-corrected chi connectivity index (χ0v) is 39.6. The molecule has 3 aliphatic carbocycles. The summed E-state index contributed by atoms with van der Waals surface area (Å²) in [6.07, 6.45) is 9.25. The lowest BCUT2D eigenvalue weighted by Crippen LogP contribution is -2.70. The number of ketones is 2. The molecule has 3 aliphatic heterocycles. The number of Topliss-reactive ketones (excluding diaryl/α,β-unsaturated/α-hetero) is 2. The van der Waals surface area contributed by atoms with Gasteiger partial charge in [-0.25, -0.2) is 0 Å². The van der Waals surface area contributed by atoms with Gasteiger partial charge in [-0.2, -0.15) is 5.26 Å². The van der Waals surface area contributed by atoms with E-state index in [1.807, 2.05) is 30.3 Å². The zero-order chi connectivity index (χ0) is 45.5. The van der Waals surface area contributed by atoms with E-state index in [2.05, 4.69) is 74.2 Å². The number of nitriles is 1. The van der Waals surface area contributed by atoms with E-state index in [-0.39, 0.29) is 53.5 Å². The van der Waals surface area contributed by atoms with E-state index in [4.69, 9.17) is 11.6 Å². The first-order valence-corrected chi connectivity index (χ1v) is 24.6. The largest absolute Gasteiger partial charge is 0.386 e. The summed E-state index contributed by atoms with van der Waals surface area (Å²) in [5, 5.41) is 13.5. The highest BCUT2D eigenvalue weighted by Crippen LogP contribution is 2.62. The van der Waals surface area contributed by atoms with Gasteiger partial charge in [0.1, 0.15) is 11.9 Å². The van der Waals surface area contributed by atoms with E-state index >= 15 is 0 Å². The number of fused-ring (bicyclic) bond motifs is 1. The van der Waals surface area contributed by atoms with Gasteiger partial charge in [-0.05, 0) is 141 Å². The highest BCUT2D eigenvalue weighted by atomic mass is 35.5. The first kappa shape index (κ1) is 46.3. The molecule has 0 radical (unpaired) electrons. The Balaban J connectivity index is 0.811. The quantitative estimate of drug-likeness (QED) is 0.196. The van der Waals surface area contributed by atoms with E-state index < -0.39 is 17.9 Å². The molecule has 3 heterocycles. The third kappa shape index (κ3) is 9.38. The number of nitrogens with one attached hydrogen (secondary N) is 1. The zero-order valence-electron chi connectivity index (χ0n) is 38.8. The number of nitrogens with zero attached hydrogens (tertiary/aromatic N) is 4. The van der Waals surface area contributed by atoms with Crippen LogP contribution in [0, 0.1) is 63.6 Å². The van der Waals surface area contributed by atoms with E-state index in [9.17, 15) is 24.4 Å². The van der Waals surface area contributed by atoms with Gasteiger partial charge >= 0.3 is 0 Å². The van der Waals surface area contributed by atoms with Crippen LogP contribution >= 0.6 is 11.6 Å². The van der Waals surface area contributed by atoms with Crippen molar-refractivity contribution in [3.63, 3.8) is 0 Å². The molecule has 0 bridgehead atoms. The van der Waals surface area contributed by atoms with Crippen LogP contribution in [0.15, 0.2) is 48.7 Å². The molecule has 6 aliphatic rings. The topological polar surface area (TPSA) is 114 Å². The van der Waals surface area contributed by atoms with Gasteiger partial charge in [0.05, 0.1) is 33.7 Å². The van der Waals surface area contributed by atoms with Crippen molar-refractivity contribution < 1.29 is 19.2 Å². The minimum absolute atomic E-state index is 0.0886. The summed E-state index contributed by atoms with van der Waals surface area (Å²) in [5.74, 6) is 9.28. The second-order valence-corrected chi connectivity index (χ2v) is 21.9. The number of benzene rings is 2. The molecule has 5 fully saturated rings. The third-order valence-electron chi connectivity index (χ3n) is 16.5. The molecule has 10 heteroatoms. The number of imide groups is 1. The summed E-state index contributed by atoms with van der Waals surface area (Å²) >= 11 is 6.38. The molecule has 0 aromatic heterocycles. The normalized spacial score (nSPS) is 29.4. The molecule has 2 aromatic carbocycles. The van der Waals surface area contributed by atoms with Gasteiger partial charge in [0.15, 0.2) is 5.78 Å². The molecule has 2 aromatic rings. The van der Waals surface area contributed by atoms with Gasteiger partial charge in [-0.15, -0.1) is 0 Å². The van der Waals surface area contributed by atoms with Gasteiger partial charge in [0, 0.05) is 63.1 Å². The summed E-state index contributed by atoms with van der Waals surface area (Å²) in [5.41, 5.74) is 4.89. The molecular formula is C54H68ClN5O4. The van der Waals surface area contributed by atoms with Crippen LogP contribution in [0.2, 0.25) is 5.02 Å². The van der Waals surface area contributed by atoms with E-state index in [0.29, 0.717) is 64.3 Å². The maximum Gasteiger partial charge on any atom is 0.262 e. The Kier molecular flexibility index (Phi) is 13.7. The molecule has 5 atom stereocenters. The highest BCUT2D eigenvalue weighted by Gasteiger charge is 2.62. The number of carbonyl (C=O) groups is 4. The number of aryl methyl sites for hydroxylation is 1. The molecule has 5 unspecified atom stereocenters. The number of carbonyl (C=O) groups excluding carboxylic acids is 4. The van der Waals surface area contributed by atoms with Crippen molar-refractivity contribution in [3.05, 3.63) is 81.5 Å². The van der Waals surface area contributed by atoms with Gasteiger partial charge in [0.2, 0.25) is 0 Å². The lowest BCUT2D eigenvalue weighted by molar-refractivity contribution is -0.181. The lowest BCUT2D eigenvalue weighted by Gasteiger charge is -2.68. The van der Waals surface area contributed by atoms with Crippen molar-refractivity contribution in [2.24, 2.45) is 40.4 Å². The Bertz CT molecular complexity index is 2260. The Morgan fingerprint density at radius 2 is 1.62 bits per heavy atom. The predicted molar refractivity (Wildman–Crippen MR) is 252 cm³/mol. The van der Waals surface area contributed by atoms with E-state index in [1.165, 1.54) is 12.0 Å². The predicted octanol–water partition coefficient (Wildman–Crippen LogP) is 9.23. The summed E-state index contributed by atoms with van der Waals surface area (Å²) in [6.45, 7) is 22.3. The smallest absolute Gasteiger partial charge is 0.262 e. The molecule has 9 nitrogen and oxygen atoms in total. The number of hydrogen-bond donors (Lipinski definition) is 1. The number of rotatable bonds is 9. The SMILES string of the molecule is C=C1CN(C2C(C)(C)C(CCc3ccc(C#N)c(Cl)c3)C2(C)C)CC(C#CC2CCN(CC3CCC(C(C)c4ccc5c(c4)C(=O)N(C4CCC(=O)CCCC4=O)C5=O)C3)CC2)CN1. The number of hydrogen-bond acceptors (Lipinski definition) is 8. The van der Waals surface area contributed by atoms with Crippen LogP contribution in [0.4, 0.5) is 0 Å². The molecule has 2 amide bonds. The molecule has 64 heavy (non-hydrogen) atoms. The Morgan fingerprint density at radius 1 is 0.891 bits per heavy atom. The van der Waals surface area contributed by atoms with E-state index in [0.717, 1.165) is 94.0 Å². The van der Waals surface area contributed by atoms with Gasteiger partial charge in [0.25, 0.3) is 11.8 Å². The number of likely N-dealkylation sites (tertiary alicyclic amines) is 1. The van der Waals surface area contributed by atoms with Crippen molar-refractivity contribution in [3.8, 4) is 17.9 Å². The van der Waals surface area contributed by atoms with Crippen LogP contribution in [-0.2, 0) is 16.0 Å². The van der Waals surface area contributed by atoms with Crippen LogP contribution < -0.4 is 5.32 Å². The minimum Gasteiger partial charge on any atom is -0.386 e. The van der Waals surface area contributed by atoms with Gasteiger partial charge in [-0.3, -0.25) is 29.0 Å². The van der Waals surface area contributed by atoms with Crippen LogP contribution in [0.3, 0.4) is 0 Å². The molecular weight excluding hydrogens is 818 g/mol. The number of piperidine rings is 1. The van der Waals surface area contributed by atoms with E-state index in [1.54, 1.807) is 6.07 Å². The Labute approximate surface area is 386 Å². The average molecular weight is 887 g/mol. The highest BCUT2D eigenvalue weighted by molar-refractivity contribution is 6.31. The average Bonchev–Trinajstić information content (AvgIpc) is 3.75. The third-order valence-corrected chi connectivity index (χ3v) is 16.8. The standard InChI is InChI=1S/C54H68ClN5O4/c1-34-31-59(52-53(3,4)49(54(52,5)6)21-14-37-12-16-42(29-56)46(55)27-37)33-39(30-57-34)11-10-36-22-24-58(25-23-36)32-38-13-15-40(26-38)35(2)41-17-19-44-45(28-41)51(64)60(50(44)63)47-20-18-43(61)8-7-9-48(47)62/h12,16-17,19,27-28,35-36,38-40,47,49,52,57H,1,7-9,13-15,18,20-26,30-33H2,2-6H3. The van der Waals surface area contributed by atoms with Crippen LogP contribution in [0.1, 0.15) is 149 Å². The fourth-order valence-corrected chi connectivity index (χ4v) is 13.7. The number of halogens is 1. The summed E-state index contributed by atoms with van der Waals surface area (Å²) in [6, 6.07) is 13.3. The minimum atomic E-state index is -0.858. The van der Waals surface area contributed by atoms with Crippen molar-refractivity contribution in [2.45, 2.75) is 130 Å². The molecule has 3 saturated carbocycles. The second-order valence-electron chi connectivity index (χ2n) is 21.5. The van der Waals surface area contributed by atoms with Gasteiger partial charge < -0.3 is 10.2 Å². The Morgan fingerprint density at radius 3 is 2.36 bits per heavy atom. The summed E-state index contributed by atoms with van der Waals surface area (Å²) in [4.78, 5) is 58.8. The van der Waals surface area contributed by atoms with Crippen molar-refractivity contribution in [1.82, 2.24) is 20.0 Å². The molecule has 1 N–H and O–H groups in total. The monoisotopic (exact) mass is 885 g/mol. The second kappa shape index (κ2) is 18.9. The van der Waals surface area contributed by atoms with Crippen LogP contribution in [0.5, 0.6) is 0 Å². The molecule has 0 spiro atoms. The number of amides is 2. The Hall–Kier alpha value is -4.28. The van der Waals surface area contributed by atoms with Gasteiger partial charge in [-0.1, -0.05) is 76.8 Å². The van der Waals surface area contributed by atoms with Crippen LogP contribution in [-0.4, -0.2) is 89.4 Å². The first-order chi connectivity index (χ1) is 30.5. The van der Waals surface area contributed by atoms with Crippen LogP contribution in [0.25, 0.3) is 0 Å². The summed E-state index contributed by atoms with van der Waals surface area (Å²) in [7, 11) is 0. The maximum atomic E-state index is 13.7. The summed E-state index contributed by atoms with van der Waals surface area (Å²) < 4.78 is 0. The molecule has 340 valence electrons. The molecule has 2 saturated heterocycles. The maximum absolute atomic E-state index is 13.7. The fourth-order valence-electron chi connectivity index (χ4n) is 13.5. The van der Waals surface area contributed by atoms with Crippen molar-refractivity contribution in [2.75, 3.05) is 39.3 Å². The van der Waals surface area contributed by atoms with Crippen molar-refractivity contribution >= 4 is 35.0 Å². The lowest BCUT2D eigenvalue weighted by atomic mass is 9.43. The molecule has 8 rings (SSSR count).